The number of rotatable bonds is 16. The number of terminal acetylenes is 1. The van der Waals surface area contributed by atoms with Crippen molar-refractivity contribution in [2.75, 3.05) is 47.9 Å². The molecule has 3 unspecified atom stereocenters. The number of alkyl halides is 2. The van der Waals surface area contributed by atoms with Crippen molar-refractivity contribution in [3.8, 4) is 35.7 Å². The highest BCUT2D eigenvalue weighted by atomic mass is 35.5. The van der Waals surface area contributed by atoms with Gasteiger partial charge in [-0.15, -0.1) is 29.6 Å². The van der Waals surface area contributed by atoms with E-state index in [2.05, 4.69) is 17.8 Å². The number of ether oxygens (including phenoxy) is 2. The van der Waals surface area contributed by atoms with Gasteiger partial charge in [0.2, 0.25) is 11.8 Å². The van der Waals surface area contributed by atoms with Crippen LogP contribution in [0.5, 0.6) is 11.5 Å². The number of anilines is 2. The highest BCUT2D eigenvalue weighted by Crippen LogP contribution is 2.30. The standard InChI is InChI=1S/C29H28ClN3O6.C24H19N3O5.C5H9ClO/c1-29(38,15-5-17-30)16-6-20-39-23-11-9-22(10-12-23)31-18-13-24(27(31)36)32-19-14-25(34)33(28(32)37)26(35)21-7-3-2-4-8-21;1-2-16-32-19-10-8-18(9-11-19)25-14-12-20(23(25)30)26-15-13-21(28)27(24(26)31)22(29)17-6-4-3-5-7-17;1-5(7)3-2-4-6/h2-4,7-12,14,19,24,38H,5,13,15,17-18,20H2,1H3;1,3-11,13,15,20H,12,14,16H2;2-4H2,1H3. The van der Waals surface area contributed by atoms with Gasteiger partial charge in [-0.1, -0.05) is 54.2 Å². The van der Waals surface area contributed by atoms with Gasteiger partial charge in [-0.2, -0.15) is 9.13 Å². The van der Waals surface area contributed by atoms with Crippen LogP contribution < -0.4 is 41.8 Å². The quantitative estimate of drug-likeness (QED) is 0.0858. The fourth-order valence-electron chi connectivity index (χ4n) is 8.32. The zero-order valence-corrected chi connectivity index (χ0v) is 44.3. The molecule has 6 aromatic rings. The van der Waals surface area contributed by atoms with Crippen molar-refractivity contribution in [2.45, 2.75) is 70.1 Å². The third-order valence-corrected chi connectivity index (χ3v) is 12.8. The van der Waals surface area contributed by atoms with Crippen LogP contribution in [-0.4, -0.2) is 96.5 Å². The van der Waals surface area contributed by atoms with E-state index >= 15 is 0 Å². The molecule has 0 radical (unpaired) electrons. The molecule has 18 nitrogen and oxygen atoms in total. The molecular formula is C58H56Cl2N6O12. The second kappa shape index (κ2) is 28.0. The number of amides is 2. The fraction of sp³-hybridized carbons (Fsp3) is 0.293. The Kier molecular flexibility index (Phi) is 21.1. The zero-order valence-electron chi connectivity index (χ0n) is 42.8. The number of hydrogen-bond donors (Lipinski definition) is 1. The summed E-state index contributed by atoms with van der Waals surface area (Å²) in [4.78, 5) is 116. The second-order valence-corrected chi connectivity index (χ2v) is 18.7. The van der Waals surface area contributed by atoms with E-state index < -0.39 is 52.0 Å². The fourth-order valence-corrected chi connectivity index (χ4v) is 8.58. The van der Waals surface area contributed by atoms with Crippen LogP contribution in [-0.2, 0) is 14.4 Å². The number of carbonyl (C=O) groups is 5. The van der Waals surface area contributed by atoms with Gasteiger partial charge in [-0.3, -0.25) is 37.9 Å². The minimum absolute atomic E-state index is 0.0847. The highest BCUT2D eigenvalue weighted by molar-refractivity contribution is 6.18. The second-order valence-electron chi connectivity index (χ2n) is 17.9. The van der Waals surface area contributed by atoms with Crippen molar-refractivity contribution in [3.05, 3.63) is 187 Å². The van der Waals surface area contributed by atoms with Crippen LogP contribution in [0.2, 0.25) is 0 Å². The number of carbonyl (C=O) groups excluding carboxylic acids is 5. The topological polar surface area (TPSA) is 219 Å². The molecule has 0 bridgehead atoms. The van der Waals surface area contributed by atoms with E-state index in [1.807, 2.05) is 0 Å². The number of halogens is 2. The molecule has 2 fully saturated rings. The molecule has 8 rings (SSSR count). The van der Waals surface area contributed by atoms with Gasteiger partial charge in [0.25, 0.3) is 22.9 Å². The molecule has 404 valence electrons. The molecular weight excluding hydrogens is 1040 g/mol. The normalized spacial score (nSPS) is 15.3. The minimum Gasteiger partial charge on any atom is -0.481 e. The Morgan fingerprint density at radius 2 is 1.05 bits per heavy atom. The Hall–Kier alpha value is -8.55. The van der Waals surface area contributed by atoms with Gasteiger partial charge in [-0.25, -0.2) is 9.59 Å². The molecule has 78 heavy (non-hydrogen) atoms. The van der Waals surface area contributed by atoms with Crippen molar-refractivity contribution >= 4 is 64.0 Å². The largest absolute Gasteiger partial charge is 0.481 e. The first-order chi connectivity index (χ1) is 37.5. The number of hydrogen-bond acceptors (Lipinski definition) is 12. The Bertz CT molecular complexity index is 3450. The molecule has 4 heterocycles. The summed E-state index contributed by atoms with van der Waals surface area (Å²) in [6.07, 6.45) is 11.0. The smallest absolute Gasteiger partial charge is 0.338 e. The van der Waals surface area contributed by atoms with Crippen LogP contribution in [0.15, 0.2) is 153 Å². The average molecular weight is 1100 g/mol. The van der Waals surface area contributed by atoms with Gasteiger partial charge in [0.05, 0.1) is 0 Å². The summed E-state index contributed by atoms with van der Waals surface area (Å²) < 4.78 is 14.4. The van der Waals surface area contributed by atoms with E-state index in [4.69, 9.17) is 39.1 Å². The van der Waals surface area contributed by atoms with Gasteiger partial charge >= 0.3 is 11.4 Å². The molecule has 0 spiro atoms. The molecule has 0 aliphatic carbocycles. The molecule has 2 aliphatic heterocycles. The highest BCUT2D eigenvalue weighted by Gasteiger charge is 2.37. The molecule has 4 aromatic carbocycles. The third-order valence-electron chi connectivity index (χ3n) is 12.2. The zero-order chi connectivity index (χ0) is 56.4. The van der Waals surface area contributed by atoms with Gasteiger partial charge in [-0.05, 0) is 119 Å². The summed E-state index contributed by atoms with van der Waals surface area (Å²) >= 11 is 11.0. The SMILES string of the molecule is C#CCOc1ccc(N2CCC(n3ccc(=O)n(C(=O)c4ccccc4)c3=O)C2=O)cc1.CC(=O)CCCCl.CC(O)(C#CCOc1ccc(N2CCC(n3ccc(=O)n(C(=O)c4ccccc4)c3=O)C2=O)cc1)CCCCl. The molecule has 2 aromatic heterocycles. The first-order valence-corrected chi connectivity index (χ1v) is 25.8. The molecule has 20 heteroatoms. The number of Topliss-reactive ketones (excluding diaryl/α,β-unsaturated/α-hetero) is 1. The lowest BCUT2D eigenvalue weighted by Crippen LogP contribution is -2.45. The molecule has 2 saturated heterocycles. The summed E-state index contributed by atoms with van der Waals surface area (Å²) in [7, 11) is 0. The molecule has 3 atom stereocenters. The summed E-state index contributed by atoms with van der Waals surface area (Å²) in [6.45, 7) is 4.17. The van der Waals surface area contributed by atoms with Crippen LogP contribution in [0.4, 0.5) is 11.4 Å². The summed E-state index contributed by atoms with van der Waals surface area (Å²) in [6, 6.07) is 30.3. The van der Waals surface area contributed by atoms with E-state index in [0.29, 0.717) is 89.0 Å². The Morgan fingerprint density at radius 1 is 0.628 bits per heavy atom. The maximum atomic E-state index is 13.3. The van der Waals surface area contributed by atoms with E-state index in [9.17, 15) is 48.3 Å². The van der Waals surface area contributed by atoms with Crippen molar-refractivity contribution in [2.24, 2.45) is 0 Å². The number of ketones is 1. The van der Waals surface area contributed by atoms with E-state index in [1.54, 1.807) is 109 Å². The monoisotopic (exact) mass is 1100 g/mol. The van der Waals surface area contributed by atoms with Crippen LogP contribution in [0.3, 0.4) is 0 Å². The van der Waals surface area contributed by atoms with Crippen LogP contribution in [0.1, 0.15) is 85.2 Å². The third kappa shape index (κ3) is 15.1. The van der Waals surface area contributed by atoms with Gasteiger partial charge < -0.3 is 29.2 Å². The first kappa shape index (κ1) is 58.7. The molecule has 0 saturated carbocycles. The molecule has 2 aliphatic rings. The van der Waals surface area contributed by atoms with Crippen LogP contribution in [0, 0.1) is 24.2 Å². The Labute approximate surface area is 459 Å². The van der Waals surface area contributed by atoms with Crippen LogP contribution >= 0.6 is 23.2 Å². The summed E-state index contributed by atoms with van der Waals surface area (Å²) in [5.74, 6) is 8.24. The maximum Gasteiger partial charge on any atom is 0.338 e. The number of aliphatic hydroxyl groups is 1. The van der Waals surface area contributed by atoms with Crippen molar-refractivity contribution in [1.82, 2.24) is 18.3 Å². The van der Waals surface area contributed by atoms with Crippen molar-refractivity contribution < 1.29 is 38.6 Å². The minimum atomic E-state index is -1.13. The number of nitrogens with zero attached hydrogens (tertiary/aromatic N) is 6. The summed E-state index contributed by atoms with van der Waals surface area (Å²) in [5.41, 5.74) is -2.67. The Morgan fingerprint density at radius 3 is 1.44 bits per heavy atom. The van der Waals surface area contributed by atoms with E-state index in [0.717, 1.165) is 27.7 Å². The van der Waals surface area contributed by atoms with Crippen molar-refractivity contribution in [1.29, 1.82) is 0 Å². The number of benzene rings is 4. The van der Waals surface area contributed by atoms with Gasteiger partial charge in [0, 0.05) is 78.3 Å². The molecule has 1 N–H and O–H groups in total. The van der Waals surface area contributed by atoms with E-state index in [1.165, 1.54) is 36.7 Å². The summed E-state index contributed by atoms with van der Waals surface area (Å²) in [5, 5.41) is 10.2. The predicted molar refractivity (Wildman–Crippen MR) is 296 cm³/mol. The lowest BCUT2D eigenvalue weighted by molar-refractivity contribution is -0.120. The van der Waals surface area contributed by atoms with Crippen molar-refractivity contribution in [3.63, 3.8) is 0 Å². The first-order valence-electron chi connectivity index (χ1n) is 24.7. The van der Waals surface area contributed by atoms with Gasteiger partial charge in [0.1, 0.15) is 48.2 Å². The predicted octanol–water partition coefficient (Wildman–Crippen LogP) is 6.11. The molecule has 2 amide bonds. The lowest BCUT2D eigenvalue weighted by Gasteiger charge is -2.18. The van der Waals surface area contributed by atoms with E-state index in [-0.39, 0.29) is 41.9 Å². The maximum absolute atomic E-state index is 13.3. The Balaban J connectivity index is 0.000000228. The number of aromatic nitrogens is 4. The lowest BCUT2D eigenvalue weighted by atomic mass is 10.0. The van der Waals surface area contributed by atoms with Crippen LogP contribution in [0.25, 0.3) is 0 Å². The van der Waals surface area contributed by atoms with Gasteiger partial charge in [0.15, 0.2) is 0 Å². The average Bonchev–Trinajstić information content (AvgIpc) is 4.13.